The highest BCUT2D eigenvalue weighted by atomic mass is 35.5. The molecular weight excluding hydrogens is 364 g/mol. The molecule has 4 aromatic rings. The number of para-hydroxylation sites is 1. The minimum atomic E-state index is -0.476. The zero-order valence-corrected chi connectivity index (χ0v) is 15.7. The van der Waals surface area contributed by atoms with Gasteiger partial charge in [0.2, 0.25) is 0 Å². The van der Waals surface area contributed by atoms with Crippen molar-refractivity contribution in [3.63, 3.8) is 0 Å². The molecular formula is C22H17ClO4. The van der Waals surface area contributed by atoms with Gasteiger partial charge in [0.15, 0.2) is 6.61 Å². The van der Waals surface area contributed by atoms with Crippen molar-refractivity contribution < 1.29 is 18.7 Å². The first-order valence-electron chi connectivity index (χ1n) is 8.53. The van der Waals surface area contributed by atoms with E-state index in [1.54, 1.807) is 30.3 Å². The highest BCUT2D eigenvalue weighted by molar-refractivity contribution is 6.30. The Morgan fingerprint density at radius 2 is 1.67 bits per heavy atom. The van der Waals surface area contributed by atoms with Gasteiger partial charge in [-0.3, -0.25) is 0 Å². The number of fused-ring (bicyclic) bond motifs is 3. The zero-order chi connectivity index (χ0) is 19.0. The molecule has 4 rings (SSSR count). The van der Waals surface area contributed by atoms with E-state index in [2.05, 4.69) is 0 Å². The highest BCUT2D eigenvalue weighted by Crippen LogP contribution is 2.31. The molecule has 4 nitrogen and oxygen atoms in total. The Bertz CT molecular complexity index is 1140. The van der Waals surface area contributed by atoms with Crippen LogP contribution in [0.5, 0.6) is 11.5 Å². The number of benzene rings is 3. The molecule has 0 spiro atoms. The number of aryl methyl sites for hydroxylation is 2. The highest BCUT2D eigenvalue weighted by Gasteiger charge is 2.12. The smallest absolute Gasteiger partial charge is 0.349 e. The molecule has 0 atom stereocenters. The van der Waals surface area contributed by atoms with Gasteiger partial charge in [-0.1, -0.05) is 29.8 Å². The second kappa shape index (κ2) is 6.97. The van der Waals surface area contributed by atoms with Gasteiger partial charge >= 0.3 is 5.97 Å². The van der Waals surface area contributed by atoms with E-state index in [4.69, 9.17) is 25.5 Å². The van der Waals surface area contributed by atoms with Gasteiger partial charge in [0.25, 0.3) is 0 Å². The number of esters is 1. The van der Waals surface area contributed by atoms with Crippen LogP contribution in [0.15, 0.2) is 59.0 Å². The second-order valence-electron chi connectivity index (χ2n) is 6.39. The third-order valence-electron chi connectivity index (χ3n) is 4.34. The maximum atomic E-state index is 12.2. The fraction of sp³-hybridized carbons (Fsp3) is 0.136. The maximum Gasteiger partial charge on any atom is 0.349 e. The fourth-order valence-electron chi connectivity index (χ4n) is 3.19. The van der Waals surface area contributed by atoms with Gasteiger partial charge in [0.05, 0.1) is 0 Å². The predicted molar refractivity (Wildman–Crippen MR) is 106 cm³/mol. The van der Waals surface area contributed by atoms with Crippen LogP contribution in [0.4, 0.5) is 0 Å². The number of furan rings is 1. The normalized spacial score (nSPS) is 11.1. The topological polar surface area (TPSA) is 48.7 Å². The Morgan fingerprint density at radius 3 is 2.44 bits per heavy atom. The van der Waals surface area contributed by atoms with E-state index in [1.807, 2.05) is 38.1 Å². The average molecular weight is 381 g/mol. The van der Waals surface area contributed by atoms with Crippen LogP contribution in [0.25, 0.3) is 21.9 Å². The summed E-state index contributed by atoms with van der Waals surface area (Å²) in [7, 11) is 0. The summed E-state index contributed by atoms with van der Waals surface area (Å²) in [4.78, 5) is 12.2. The molecule has 5 heteroatoms. The van der Waals surface area contributed by atoms with E-state index in [1.165, 1.54) is 0 Å². The average Bonchev–Trinajstić information content (AvgIpc) is 2.99. The van der Waals surface area contributed by atoms with E-state index < -0.39 is 5.97 Å². The Kier molecular flexibility index (Phi) is 4.50. The van der Waals surface area contributed by atoms with E-state index in [9.17, 15) is 4.79 Å². The molecule has 27 heavy (non-hydrogen) atoms. The Balaban J connectivity index is 1.50. The predicted octanol–water partition coefficient (Wildman–Crippen LogP) is 5.84. The SMILES string of the molecule is Cc1cc(Cl)cc(C)c1OCC(=O)Oc1ccc2oc3ccccc3c2c1. The van der Waals surface area contributed by atoms with E-state index in [0.717, 1.165) is 33.1 Å². The summed E-state index contributed by atoms with van der Waals surface area (Å²) < 4.78 is 16.9. The summed E-state index contributed by atoms with van der Waals surface area (Å²) in [6.07, 6.45) is 0. The van der Waals surface area contributed by atoms with Crippen LogP contribution in [0.2, 0.25) is 5.02 Å². The van der Waals surface area contributed by atoms with Crippen LogP contribution < -0.4 is 9.47 Å². The lowest BCUT2D eigenvalue weighted by Gasteiger charge is -2.12. The van der Waals surface area contributed by atoms with Crippen LogP contribution in [0.3, 0.4) is 0 Å². The molecule has 0 saturated heterocycles. The van der Waals surface area contributed by atoms with Crippen molar-refractivity contribution in [2.24, 2.45) is 0 Å². The molecule has 1 heterocycles. The number of halogens is 1. The Labute approximate surface area is 161 Å². The molecule has 136 valence electrons. The number of hydrogen-bond acceptors (Lipinski definition) is 4. The molecule has 0 saturated carbocycles. The van der Waals surface area contributed by atoms with Gasteiger partial charge in [-0.25, -0.2) is 4.79 Å². The second-order valence-corrected chi connectivity index (χ2v) is 6.82. The Hall–Kier alpha value is -2.98. The van der Waals surface area contributed by atoms with Crippen LogP contribution >= 0.6 is 11.6 Å². The largest absolute Gasteiger partial charge is 0.481 e. The molecule has 0 unspecified atom stereocenters. The lowest BCUT2D eigenvalue weighted by atomic mass is 10.1. The molecule has 0 fully saturated rings. The van der Waals surface area contributed by atoms with E-state index in [-0.39, 0.29) is 6.61 Å². The molecule has 0 amide bonds. The van der Waals surface area contributed by atoms with Gasteiger partial charge < -0.3 is 13.9 Å². The van der Waals surface area contributed by atoms with Gasteiger partial charge in [-0.2, -0.15) is 0 Å². The Morgan fingerprint density at radius 1 is 0.963 bits per heavy atom. The van der Waals surface area contributed by atoms with Gasteiger partial charge in [-0.15, -0.1) is 0 Å². The summed E-state index contributed by atoms with van der Waals surface area (Å²) in [6.45, 7) is 3.59. The number of hydrogen-bond donors (Lipinski definition) is 0. The lowest BCUT2D eigenvalue weighted by Crippen LogP contribution is -2.18. The fourth-order valence-corrected chi connectivity index (χ4v) is 3.51. The molecule has 0 N–H and O–H groups in total. The maximum absolute atomic E-state index is 12.2. The lowest BCUT2D eigenvalue weighted by molar-refractivity contribution is -0.136. The molecule has 0 aliphatic heterocycles. The summed E-state index contributed by atoms with van der Waals surface area (Å²) >= 11 is 6.02. The van der Waals surface area contributed by atoms with Crippen molar-refractivity contribution in [1.29, 1.82) is 0 Å². The van der Waals surface area contributed by atoms with E-state index >= 15 is 0 Å². The van der Waals surface area contributed by atoms with Crippen molar-refractivity contribution in [3.05, 3.63) is 70.7 Å². The first kappa shape index (κ1) is 17.4. The van der Waals surface area contributed by atoms with Gasteiger partial charge in [-0.05, 0) is 61.4 Å². The van der Waals surface area contributed by atoms with Crippen molar-refractivity contribution in [2.75, 3.05) is 6.61 Å². The van der Waals surface area contributed by atoms with Crippen LogP contribution in [0.1, 0.15) is 11.1 Å². The third-order valence-corrected chi connectivity index (χ3v) is 4.56. The number of rotatable bonds is 4. The molecule has 0 aliphatic rings. The standard InChI is InChI=1S/C22H17ClO4/c1-13-9-15(23)10-14(2)22(13)25-12-21(24)26-16-7-8-20-18(11-16)17-5-3-4-6-19(17)27-20/h3-11H,12H2,1-2H3. The van der Waals surface area contributed by atoms with Gasteiger partial charge in [0.1, 0.15) is 22.7 Å². The van der Waals surface area contributed by atoms with Gasteiger partial charge in [0, 0.05) is 15.8 Å². The zero-order valence-electron chi connectivity index (χ0n) is 14.9. The minimum absolute atomic E-state index is 0.187. The molecule has 0 bridgehead atoms. The molecule has 0 radical (unpaired) electrons. The van der Waals surface area contributed by atoms with Crippen LogP contribution in [0, 0.1) is 13.8 Å². The monoisotopic (exact) mass is 380 g/mol. The van der Waals surface area contributed by atoms with Crippen molar-refractivity contribution in [3.8, 4) is 11.5 Å². The van der Waals surface area contributed by atoms with E-state index in [0.29, 0.717) is 16.5 Å². The number of carbonyl (C=O) groups excluding carboxylic acids is 1. The van der Waals surface area contributed by atoms with Crippen LogP contribution in [-0.4, -0.2) is 12.6 Å². The summed E-state index contributed by atoms with van der Waals surface area (Å²) in [5.74, 6) is 0.621. The summed E-state index contributed by atoms with van der Waals surface area (Å²) in [5, 5.41) is 2.52. The summed E-state index contributed by atoms with van der Waals surface area (Å²) in [6, 6.07) is 16.7. The number of ether oxygens (including phenoxy) is 2. The first-order chi connectivity index (χ1) is 13.0. The number of carbonyl (C=O) groups is 1. The first-order valence-corrected chi connectivity index (χ1v) is 8.90. The molecule has 1 aromatic heterocycles. The molecule has 0 aliphatic carbocycles. The van der Waals surface area contributed by atoms with Crippen molar-refractivity contribution in [2.45, 2.75) is 13.8 Å². The summed E-state index contributed by atoms with van der Waals surface area (Å²) in [5.41, 5.74) is 3.30. The van der Waals surface area contributed by atoms with Crippen molar-refractivity contribution in [1.82, 2.24) is 0 Å². The van der Waals surface area contributed by atoms with Crippen molar-refractivity contribution >= 4 is 39.5 Å². The van der Waals surface area contributed by atoms with Crippen LogP contribution in [-0.2, 0) is 4.79 Å². The quantitative estimate of drug-likeness (QED) is 0.329. The minimum Gasteiger partial charge on any atom is -0.481 e. The third kappa shape index (κ3) is 3.49. The molecule has 3 aromatic carbocycles.